The van der Waals surface area contributed by atoms with E-state index in [-0.39, 0.29) is 180 Å². The fraction of sp³-hybridized carbons (Fsp3) is 0.756. The van der Waals surface area contributed by atoms with Crippen LogP contribution in [0.3, 0.4) is 0 Å². The molecule has 2 rings (SSSR count). The number of carbonyl (C=O) groups excluding carboxylic acids is 10. The highest BCUT2D eigenvalue weighted by molar-refractivity contribution is 8.00. The smallest absolute Gasteiger partial charge is 0.242 e. The van der Waals surface area contributed by atoms with Crippen LogP contribution in [0, 0.1) is 0 Å². The van der Waals surface area contributed by atoms with Gasteiger partial charge in [-0.2, -0.15) is 23.5 Å². The quantitative estimate of drug-likeness (QED) is 0.0597. The number of amides is 7. The highest BCUT2D eigenvalue weighted by Gasteiger charge is 2.38. The molecule has 0 saturated carbocycles. The molecule has 18 nitrogen and oxygen atoms in total. The highest BCUT2D eigenvalue weighted by atomic mass is 32.2. The van der Waals surface area contributed by atoms with Gasteiger partial charge < -0.3 is 30.2 Å². The number of likely N-dealkylation sites (tertiary alicyclic amines) is 2. The molecule has 3 unspecified atom stereocenters. The Balaban J connectivity index is 1.62. The van der Waals surface area contributed by atoms with E-state index in [1.165, 1.54) is 30.6 Å². The first-order valence-electron chi connectivity index (χ1n) is 21.1. The van der Waals surface area contributed by atoms with E-state index in [1.54, 1.807) is 12.5 Å². The van der Waals surface area contributed by atoms with E-state index in [9.17, 15) is 47.9 Å². The normalized spacial score (nSPS) is 16.9. The van der Waals surface area contributed by atoms with Crippen LogP contribution in [0.15, 0.2) is 0 Å². The summed E-state index contributed by atoms with van der Waals surface area (Å²) in [7, 11) is 1.54. The van der Waals surface area contributed by atoms with Gasteiger partial charge in [0.2, 0.25) is 41.4 Å². The number of nitrogens with one attached hydrogen (secondary N) is 3. The Morgan fingerprint density at radius 2 is 1.05 bits per heavy atom. The second kappa shape index (κ2) is 31.2. The van der Waals surface area contributed by atoms with E-state index in [2.05, 4.69) is 16.0 Å². The lowest BCUT2D eigenvalue weighted by molar-refractivity contribution is -0.140. The van der Waals surface area contributed by atoms with Gasteiger partial charge in [0.25, 0.3) is 0 Å². The second-order valence-corrected chi connectivity index (χ2v) is 16.8. The fourth-order valence-corrected chi connectivity index (χ4v) is 7.70. The van der Waals surface area contributed by atoms with Gasteiger partial charge in [0.1, 0.15) is 11.6 Å². The highest BCUT2D eigenvalue weighted by Crippen LogP contribution is 2.24. The number of ether oxygens (including phenoxy) is 3. The third-order valence-electron chi connectivity index (χ3n) is 10.1. The molecule has 20 heteroatoms. The Morgan fingerprint density at radius 1 is 0.590 bits per heavy atom. The number of ketones is 3. The average Bonchev–Trinajstić information content (AvgIpc) is 3.68. The van der Waals surface area contributed by atoms with Crippen molar-refractivity contribution in [1.29, 1.82) is 0 Å². The van der Waals surface area contributed by atoms with Gasteiger partial charge in [-0.05, 0) is 51.0 Å². The lowest BCUT2D eigenvalue weighted by atomic mass is 10.0. The molecule has 0 bridgehead atoms. The van der Waals surface area contributed by atoms with Gasteiger partial charge in [0.15, 0.2) is 5.78 Å². The van der Waals surface area contributed by atoms with Crippen LogP contribution in [0.4, 0.5) is 0 Å². The summed E-state index contributed by atoms with van der Waals surface area (Å²) < 4.78 is 16.5. The van der Waals surface area contributed by atoms with Crippen molar-refractivity contribution < 1.29 is 62.2 Å². The van der Waals surface area contributed by atoms with Gasteiger partial charge in [0.05, 0.1) is 36.4 Å². The largest absolute Gasteiger partial charge is 0.381 e. The summed E-state index contributed by atoms with van der Waals surface area (Å²) in [6.45, 7) is 1.85. The minimum atomic E-state index is -0.745. The molecule has 0 spiro atoms. The number of thioether (sulfide) groups is 2. The number of imide groups is 2. The molecular weight excluding hydrogens is 835 g/mol. The lowest BCUT2D eigenvalue weighted by Crippen LogP contribution is -2.41. The SMILES string of the molecule is CNC(=O)CCOCCCC(=O)C(CCCCNC(=O)CCOCCCC(=O)CCN1C(=O)CC(SC)C1=O)NC(=O)CCOCCCC(=O)CCN1C(=O)CC(SC)C1=O. The first-order chi connectivity index (χ1) is 29.3. The van der Waals surface area contributed by atoms with E-state index in [1.807, 2.05) is 0 Å². The molecule has 0 aromatic heterocycles. The minimum absolute atomic E-state index is 0.00641. The van der Waals surface area contributed by atoms with Crippen molar-refractivity contribution in [1.82, 2.24) is 25.8 Å². The molecule has 2 aliphatic heterocycles. The molecule has 2 aliphatic rings. The van der Waals surface area contributed by atoms with Crippen molar-refractivity contribution in [3.05, 3.63) is 0 Å². The Morgan fingerprint density at radius 3 is 1.51 bits per heavy atom. The van der Waals surface area contributed by atoms with Crippen molar-refractivity contribution in [3.63, 3.8) is 0 Å². The Hall–Kier alpha value is -3.72. The molecule has 0 aromatic rings. The van der Waals surface area contributed by atoms with Gasteiger partial charge in [-0.3, -0.25) is 57.7 Å². The zero-order chi connectivity index (χ0) is 45.0. The van der Waals surface area contributed by atoms with Crippen LogP contribution >= 0.6 is 23.5 Å². The molecule has 3 atom stereocenters. The standard InChI is InChI=1S/C41H65N5O13S2/c1-42-35(50)15-24-59-23-8-12-32(49)31(44-37(52)17-26-58-22-7-10-30(48)14-20-46-39(54)28-34(61-3)41(46)56)11-4-5-18-43-36(51)16-25-57-21-6-9-29(47)13-19-45-38(53)27-33(60-2)40(45)55/h31,33-34H,4-28H2,1-3H3,(H,42,50)(H,43,51)(H,44,52). The summed E-state index contributed by atoms with van der Waals surface area (Å²) >= 11 is 2.65. The maximum Gasteiger partial charge on any atom is 0.242 e. The van der Waals surface area contributed by atoms with Crippen LogP contribution in [-0.4, -0.2) is 164 Å². The van der Waals surface area contributed by atoms with Crippen LogP contribution in [0.2, 0.25) is 0 Å². The maximum absolute atomic E-state index is 13.1. The fourth-order valence-electron chi connectivity index (χ4n) is 6.43. The Labute approximate surface area is 367 Å². The predicted octanol–water partition coefficient (Wildman–Crippen LogP) is 1.53. The molecular formula is C41H65N5O13S2. The molecule has 2 heterocycles. The summed E-state index contributed by atoms with van der Waals surface area (Å²) in [4.78, 5) is 125. The van der Waals surface area contributed by atoms with E-state index < -0.39 is 6.04 Å². The summed E-state index contributed by atoms with van der Waals surface area (Å²) in [5.41, 5.74) is 0. The summed E-state index contributed by atoms with van der Waals surface area (Å²) in [6.07, 6.45) is 7.82. The van der Waals surface area contributed by atoms with Crippen LogP contribution in [-0.2, 0) is 62.2 Å². The zero-order valence-electron chi connectivity index (χ0n) is 35.9. The van der Waals surface area contributed by atoms with Crippen LogP contribution in [0.25, 0.3) is 0 Å². The second-order valence-electron chi connectivity index (χ2n) is 14.7. The van der Waals surface area contributed by atoms with Gasteiger partial charge in [0, 0.05) is 111 Å². The third kappa shape index (κ3) is 21.8. The number of unbranched alkanes of at least 4 members (excludes halogenated alkanes) is 1. The van der Waals surface area contributed by atoms with Crippen LogP contribution in [0.5, 0.6) is 0 Å². The first-order valence-corrected chi connectivity index (χ1v) is 23.7. The molecule has 0 aliphatic carbocycles. The number of hydrogen-bond donors (Lipinski definition) is 3. The molecule has 3 N–H and O–H groups in total. The Bertz CT molecular complexity index is 1500. The van der Waals surface area contributed by atoms with Crippen molar-refractivity contribution in [2.45, 2.75) is 119 Å². The van der Waals surface area contributed by atoms with Crippen molar-refractivity contribution in [3.8, 4) is 0 Å². The van der Waals surface area contributed by atoms with Gasteiger partial charge in [-0.25, -0.2) is 0 Å². The number of nitrogens with zero attached hydrogens (tertiary/aromatic N) is 2. The van der Waals surface area contributed by atoms with Gasteiger partial charge in [-0.15, -0.1) is 0 Å². The van der Waals surface area contributed by atoms with Crippen molar-refractivity contribution in [2.75, 3.05) is 78.8 Å². The minimum Gasteiger partial charge on any atom is -0.381 e. The van der Waals surface area contributed by atoms with E-state index in [0.717, 1.165) is 9.80 Å². The monoisotopic (exact) mass is 899 g/mol. The summed E-state index contributed by atoms with van der Waals surface area (Å²) in [6, 6.07) is -0.745. The molecule has 7 amide bonds. The number of rotatable bonds is 36. The van der Waals surface area contributed by atoms with E-state index in [4.69, 9.17) is 14.2 Å². The molecule has 0 radical (unpaired) electrons. The Kier molecular flexibility index (Phi) is 27.3. The summed E-state index contributed by atoms with van der Waals surface area (Å²) in [5, 5.41) is 7.38. The zero-order valence-corrected chi connectivity index (χ0v) is 37.6. The lowest BCUT2D eigenvalue weighted by Gasteiger charge is -2.18. The number of hydrogen-bond acceptors (Lipinski definition) is 15. The third-order valence-corrected chi connectivity index (χ3v) is 11.9. The van der Waals surface area contributed by atoms with Crippen molar-refractivity contribution in [2.24, 2.45) is 0 Å². The summed E-state index contributed by atoms with van der Waals surface area (Å²) in [5.74, 6) is -2.03. The molecule has 0 aromatic carbocycles. The first kappa shape index (κ1) is 53.4. The van der Waals surface area contributed by atoms with Gasteiger partial charge >= 0.3 is 0 Å². The van der Waals surface area contributed by atoms with E-state index in [0.29, 0.717) is 51.7 Å². The number of Topliss-reactive ketones (excluding diaryl/α,β-unsaturated/α-hetero) is 3. The maximum atomic E-state index is 13.1. The molecule has 2 fully saturated rings. The number of carbonyl (C=O) groups is 10. The predicted molar refractivity (Wildman–Crippen MR) is 228 cm³/mol. The molecule has 2 saturated heterocycles. The average molecular weight is 900 g/mol. The molecule has 61 heavy (non-hydrogen) atoms. The van der Waals surface area contributed by atoms with E-state index >= 15 is 0 Å². The van der Waals surface area contributed by atoms with Crippen LogP contribution in [0.1, 0.15) is 103 Å². The van der Waals surface area contributed by atoms with Crippen molar-refractivity contribution >= 4 is 82.2 Å². The van der Waals surface area contributed by atoms with Crippen LogP contribution < -0.4 is 16.0 Å². The topological polar surface area (TPSA) is 241 Å². The molecule has 344 valence electrons. The van der Waals surface area contributed by atoms with Gasteiger partial charge in [-0.1, -0.05) is 0 Å².